The monoisotopic (exact) mass is 1270 g/mol. The molecule has 0 aliphatic carbocycles. The number of nitro groups is 1. The van der Waals surface area contributed by atoms with Crippen LogP contribution in [-0.4, -0.2) is 112 Å². The van der Waals surface area contributed by atoms with Crippen molar-refractivity contribution in [2.45, 2.75) is 31.4 Å². The number of benzene rings is 7. The van der Waals surface area contributed by atoms with Crippen molar-refractivity contribution in [3.8, 4) is 28.9 Å². The number of non-ortho nitro benzene ring substituents is 1. The van der Waals surface area contributed by atoms with Gasteiger partial charge in [0, 0.05) is 22.9 Å². The van der Waals surface area contributed by atoms with E-state index in [2.05, 4.69) is 46.0 Å². The highest BCUT2D eigenvalue weighted by molar-refractivity contribution is 7.87. The average molecular weight is 1270 g/mol. The third-order valence-electron chi connectivity index (χ3n) is 11.6. The number of aromatic carboxylic acids is 1. The molecule has 0 bridgehead atoms. The van der Waals surface area contributed by atoms with Gasteiger partial charge in [-0.15, -0.1) is 35.8 Å². The summed E-state index contributed by atoms with van der Waals surface area (Å²) in [6.07, 6.45) is 0. The molecular weight excluding hydrogens is 1240 g/mol. The van der Waals surface area contributed by atoms with E-state index < -0.39 is 182 Å². The molecule has 8 rings (SSSR count). The molecule has 0 unspecified atom stereocenters. The summed E-state index contributed by atoms with van der Waals surface area (Å²) in [5, 5.41) is 87.2. The first kappa shape index (κ1) is 60.8. The second-order valence-corrected chi connectivity index (χ2v) is 23.9. The lowest BCUT2D eigenvalue weighted by Gasteiger charge is -2.12. The number of nitro benzene ring substituents is 1. The molecule has 36 nitrogen and oxygen atoms in total. The highest BCUT2D eigenvalue weighted by Gasteiger charge is 2.29. The molecule has 41 heteroatoms. The van der Waals surface area contributed by atoms with Gasteiger partial charge >= 0.3 is 5.97 Å². The Morgan fingerprint density at radius 2 is 1.16 bits per heavy atom. The van der Waals surface area contributed by atoms with E-state index in [1.165, 1.54) is 6.92 Å². The third-order valence-corrected chi connectivity index (χ3v) is 15.9. The second kappa shape index (κ2) is 22.2. The summed E-state index contributed by atoms with van der Waals surface area (Å²) in [4.78, 5) is 28.6. The molecule has 7 aromatic carbocycles. The number of aromatic nitrogens is 2. The van der Waals surface area contributed by atoms with Gasteiger partial charge in [-0.05, 0) is 90.7 Å². The number of carbonyl (C=O) groups excluding carboxylic acids is 1. The summed E-state index contributed by atoms with van der Waals surface area (Å²) in [7, 11) is -26.0. The predicted octanol–water partition coefficient (Wildman–Crippen LogP) is 8.22. The van der Waals surface area contributed by atoms with Gasteiger partial charge in [0.05, 0.1) is 43.5 Å². The number of nitrogens with two attached hydrogens (primary N) is 1. The van der Waals surface area contributed by atoms with E-state index in [0.29, 0.717) is 22.9 Å². The van der Waals surface area contributed by atoms with Crippen molar-refractivity contribution in [1.29, 1.82) is 0 Å². The number of ether oxygens (including phenoxy) is 1. The van der Waals surface area contributed by atoms with Gasteiger partial charge in [-0.25, -0.2) is 4.79 Å². The van der Waals surface area contributed by atoms with Crippen LogP contribution in [0.1, 0.15) is 15.9 Å². The minimum Gasteiger partial charge on any atom is -0.505 e. The predicted molar refractivity (Wildman–Crippen MR) is 285 cm³/mol. The molecule has 0 fully saturated rings. The third kappa shape index (κ3) is 12.4. The molecule has 0 saturated heterocycles. The van der Waals surface area contributed by atoms with Gasteiger partial charge in [0.2, 0.25) is 11.6 Å². The van der Waals surface area contributed by atoms with Gasteiger partial charge in [0.15, 0.2) is 11.5 Å². The molecule has 440 valence electrons. The number of rotatable bonds is 18. The Labute approximate surface area is 472 Å². The SMILES string of the molecule is Cc1cc(N=Nc2c(OC=O)nn(-c3ccc(S(=O)(=O)O)cc3C(=O)O)c2O)c(S(=O)(=O)O)cc1N=Nc1c(S(=O)(=O)O)cc2cc(N=Nc3cc(S(=O)(=O)O)c4ccc(N=Nc5ccc([N+](=O)[O-])cc5S(=O)(=O)O)c(O)c4c3N)ccc2c1O. The Morgan fingerprint density at radius 3 is 1.78 bits per heavy atom. The standard InChI is InChI=1S/C44H30N12O24S5/c1-18-10-29(50-53-39-42(80-17-57)54-55(43(39)60)31-9-4-22(81(65,66)67)14-25(31)44(61)62)34(84(74,75)76)15-28(18)49-52-38-35(85(77,78)79)12-19-11-20(2-5-23(19)40(38)58)46-51-30-16-32(82(68,69)70)24-6-8-27(41(59)36(24)37(30)45)48-47-26-7-3-21(56(63)64)13-33(26)83(71,72)73/h2-17,58-60H,45H2,1H3,(H,61,62)(H,65,66,67)(H,68,69,70)(H,71,72,73)(H,74,75,76)(H,77,78,79). The van der Waals surface area contributed by atoms with Crippen LogP contribution >= 0.6 is 0 Å². The summed E-state index contributed by atoms with van der Waals surface area (Å²) < 4.78 is 178. The number of carboxylic acids is 1. The number of carbonyl (C=O) groups is 2. The lowest BCUT2D eigenvalue weighted by molar-refractivity contribution is -0.385. The minimum absolute atomic E-state index is 0.100. The Balaban J connectivity index is 1.15. The molecule has 0 aliphatic rings. The summed E-state index contributed by atoms with van der Waals surface area (Å²) in [6.45, 7) is 1.02. The van der Waals surface area contributed by atoms with E-state index in [1.807, 2.05) is 0 Å². The minimum atomic E-state index is -5.38. The number of azo groups is 4. The fourth-order valence-electron chi connectivity index (χ4n) is 7.72. The van der Waals surface area contributed by atoms with E-state index >= 15 is 0 Å². The van der Waals surface area contributed by atoms with Gasteiger partial charge in [-0.3, -0.25) is 37.7 Å². The van der Waals surface area contributed by atoms with E-state index in [9.17, 15) is 105 Å². The topological polar surface area (TPSA) is 582 Å². The number of anilines is 1. The zero-order chi connectivity index (χ0) is 62.6. The highest BCUT2D eigenvalue weighted by atomic mass is 32.2. The van der Waals surface area contributed by atoms with Gasteiger partial charge in [0.1, 0.15) is 48.0 Å². The Bertz CT molecular complexity index is 5000. The number of aryl methyl sites for hydroxylation is 1. The van der Waals surface area contributed by atoms with Crippen molar-refractivity contribution >= 4 is 141 Å². The van der Waals surface area contributed by atoms with Crippen molar-refractivity contribution in [2.75, 3.05) is 5.73 Å². The Kier molecular flexibility index (Phi) is 15.9. The molecule has 8 aromatic rings. The highest BCUT2D eigenvalue weighted by Crippen LogP contribution is 2.48. The smallest absolute Gasteiger partial charge is 0.337 e. The summed E-state index contributed by atoms with van der Waals surface area (Å²) in [6, 6.07) is 12.4. The van der Waals surface area contributed by atoms with E-state index in [0.717, 1.165) is 72.8 Å². The molecule has 1 aromatic heterocycles. The van der Waals surface area contributed by atoms with Crippen LogP contribution < -0.4 is 10.5 Å². The molecule has 1 heterocycles. The van der Waals surface area contributed by atoms with Crippen LogP contribution in [0.5, 0.6) is 23.3 Å². The maximum Gasteiger partial charge on any atom is 0.337 e. The number of nitrogen functional groups attached to an aromatic ring is 1. The van der Waals surface area contributed by atoms with Gasteiger partial charge in [0.25, 0.3) is 68.6 Å². The molecule has 0 amide bonds. The largest absolute Gasteiger partial charge is 0.505 e. The lowest BCUT2D eigenvalue weighted by atomic mass is 10.1. The van der Waals surface area contributed by atoms with Crippen LogP contribution in [-0.2, 0) is 55.4 Å². The number of hydrogen-bond donors (Lipinski definition) is 10. The molecule has 0 radical (unpaired) electrons. The van der Waals surface area contributed by atoms with Crippen molar-refractivity contribution in [3.63, 3.8) is 0 Å². The van der Waals surface area contributed by atoms with Crippen molar-refractivity contribution in [1.82, 2.24) is 9.78 Å². The quantitative estimate of drug-likeness (QED) is 0.00965. The summed E-state index contributed by atoms with van der Waals surface area (Å²) >= 11 is 0. The first-order valence-corrected chi connectivity index (χ1v) is 29.3. The molecular formula is C44H30N12O24S5. The van der Waals surface area contributed by atoms with Crippen LogP contribution in [0.2, 0.25) is 0 Å². The van der Waals surface area contributed by atoms with Crippen molar-refractivity contribution < 1.29 is 105 Å². The zero-order valence-electron chi connectivity index (χ0n) is 41.4. The lowest BCUT2D eigenvalue weighted by Crippen LogP contribution is -2.09. The first-order chi connectivity index (χ1) is 39.5. The van der Waals surface area contributed by atoms with Crippen LogP contribution in [0.4, 0.5) is 56.9 Å². The number of phenolic OH excluding ortho intramolecular Hbond substituents is 2. The fraction of sp³-hybridized carbons (Fsp3) is 0.0227. The molecule has 0 saturated carbocycles. The molecule has 0 spiro atoms. The summed E-state index contributed by atoms with van der Waals surface area (Å²) in [5.41, 5.74) is -1.62. The molecule has 11 N–H and O–H groups in total. The van der Waals surface area contributed by atoms with Gasteiger partial charge < -0.3 is 30.9 Å². The molecule has 85 heavy (non-hydrogen) atoms. The maximum absolute atomic E-state index is 12.8. The van der Waals surface area contributed by atoms with Crippen LogP contribution in [0.15, 0.2) is 156 Å². The van der Waals surface area contributed by atoms with Crippen LogP contribution in [0.25, 0.3) is 27.2 Å². The number of phenols is 2. The fourth-order valence-corrected chi connectivity index (χ4v) is 10.9. The normalized spacial score (nSPS) is 12.8. The second-order valence-electron chi connectivity index (χ2n) is 16.9. The number of nitrogens with zero attached hydrogens (tertiary/aromatic N) is 11. The van der Waals surface area contributed by atoms with Crippen LogP contribution in [0.3, 0.4) is 0 Å². The number of fused-ring (bicyclic) bond motifs is 2. The van der Waals surface area contributed by atoms with Gasteiger partial charge in [-0.1, -0.05) is 6.07 Å². The molecule has 0 aliphatic heterocycles. The number of aromatic hydroxyl groups is 3. The first-order valence-electron chi connectivity index (χ1n) is 22.1. The average Bonchev–Trinajstić information content (AvgIpc) is 1.44. The Hall–Kier alpha value is -10.2. The van der Waals surface area contributed by atoms with Gasteiger partial charge in [-0.2, -0.15) is 57.0 Å². The van der Waals surface area contributed by atoms with E-state index in [1.54, 1.807) is 0 Å². The Morgan fingerprint density at radius 1 is 0.600 bits per heavy atom. The summed E-state index contributed by atoms with van der Waals surface area (Å²) in [5.74, 6) is -5.79. The van der Waals surface area contributed by atoms with E-state index in [-0.39, 0.29) is 28.5 Å². The van der Waals surface area contributed by atoms with Crippen molar-refractivity contribution in [3.05, 3.63) is 112 Å². The molecule has 0 atom stereocenters. The maximum atomic E-state index is 12.8. The van der Waals surface area contributed by atoms with E-state index in [4.69, 9.17) is 10.5 Å². The zero-order valence-corrected chi connectivity index (χ0v) is 45.5. The number of carboxylic acid groups (broad SMARTS) is 1. The number of hydrogen-bond acceptors (Lipinski definition) is 28. The van der Waals surface area contributed by atoms with Crippen LogP contribution in [0, 0.1) is 17.0 Å². The van der Waals surface area contributed by atoms with Crippen molar-refractivity contribution in [2.24, 2.45) is 40.9 Å².